The highest BCUT2D eigenvalue weighted by molar-refractivity contribution is 6.06. The normalized spacial score (nSPS) is 22.0. The van der Waals surface area contributed by atoms with E-state index in [2.05, 4.69) is 10.6 Å². The lowest BCUT2D eigenvalue weighted by molar-refractivity contribution is -0.136. The summed E-state index contributed by atoms with van der Waals surface area (Å²) in [5.41, 5.74) is 2.19. The summed E-state index contributed by atoms with van der Waals surface area (Å²) < 4.78 is 5.54. The zero-order chi connectivity index (χ0) is 23.0. The van der Waals surface area contributed by atoms with Crippen molar-refractivity contribution in [1.29, 1.82) is 0 Å². The molecule has 3 heterocycles. The van der Waals surface area contributed by atoms with Crippen LogP contribution in [0.4, 0.5) is 0 Å². The van der Waals surface area contributed by atoms with Gasteiger partial charge < -0.3 is 15.0 Å². The molecule has 0 spiro atoms. The topological polar surface area (TPSA) is 105 Å². The molecule has 170 valence electrons. The van der Waals surface area contributed by atoms with Crippen molar-refractivity contribution in [2.24, 2.45) is 0 Å². The lowest BCUT2D eigenvalue weighted by Crippen LogP contribution is -2.52. The van der Waals surface area contributed by atoms with Crippen LogP contribution in [0, 0.1) is 0 Å². The maximum Gasteiger partial charge on any atom is 0.255 e. The Morgan fingerprint density at radius 1 is 1.06 bits per heavy atom. The summed E-state index contributed by atoms with van der Waals surface area (Å²) in [4.78, 5) is 51.4. The Labute approximate surface area is 191 Å². The van der Waals surface area contributed by atoms with Gasteiger partial charge in [0.15, 0.2) is 0 Å². The Kier molecular flexibility index (Phi) is 5.46. The van der Waals surface area contributed by atoms with Crippen molar-refractivity contribution < 1.29 is 23.9 Å². The van der Waals surface area contributed by atoms with Gasteiger partial charge in [-0.05, 0) is 48.6 Å². The van der Waals surface area contributed by atoms with E-state index in [1.807, 2.05) is 30.3 Å². The van der Waals surface area contributed by atoms with Gasteiger partial charge in [-0.25, -0.2) is 0 Å². The molecule has 5 rings (SSSR count). The number of nitrogens with one attached hydrogen (secondary N) is 2. The van der Waals surface area contributed by atoms with Crippen LogP contribution in [0.15, 0.2) is 48.5 Å². The SMILES string of the molecule is O=C1CCC(N2Cc3cc(C(=O)NC4(c5ccccc5)CCOCC4)ccc3C2=O)C(=O)N1. The van der Waals surface area contributed by atoms with Crippen molar-refractivity contribution in [3.05, 3.63) is 70.8 Å². The molecule has 3 aliphatic rings. The molecule has 0 aliphatic carbocycles. The van der Waals surface area contributed by atoms with E-state index >= 15 is 0 Å². The van der Waals surface area contributed by atoms with E-state index in [0.717, 1.165) is 5.56 Å². The molecule has 1 unspecified atom stereocenters. The molecule has 1 atom stereocenters. The molecule has 2 fully saturated rings. The molecule has 2 N–H and O–H groups in total. The molecular formula is C25H25N3O5. The zero-order valence-corrected chi connectivity index (χ0v) is 18.1. The van der Waals surface area contributed by atoms with Crippen molar-refractivity contribution in [1.82, 2.24) is 15.5 Å². The summed E-state index contributed by atoms with van der Waals surface area (Å²) in [6.07, 6.45) is 1.86. The first kappa shape index (κ1) is 21.3. The maximum atomic E-state index is 13.3. The van der Waals surface area contributed by atoms with Crippen LogP contribution in [0.25, 0.3) is 0 Å². The largest absolute Gasteiger partial charge is 0.381 e. The fraction of sp³-hybridized carbons (Fsp3) is 0.360. The van der Waals surface area contributed by atoms with E-state index < -0.39 is 17.5 Å². The van der Waals surface area contributed by atoms with Crippen molar-refractivity contribution in [3.63, 3.8) is 0 Å². The Morgan fingerprint density at radius 2 is 1.82 bits per heavy atom. The van der Waals surface area contributed by atoms with Crippen molar-refractivity contribution in [2.75, 3.05) is 13.2 Å². The Hall–Kier alpha value is -3.52. The van der Waals surface area contributed by atoms with Gasteiger partial charge in [-0.3, -0.25) is 24.5 Å². The summed E-state index contributed by atoms with van der Waals surface area (Å²) >= 11 is 0. The van der Waals surface area contributed by atoms with Gasteiger partial charge in [0, 0.05) is 37.3 Å². The van der Waals surface area contributed by atoms with E-state index in [-0.39, 0.29) is 30.7 Å². The lowest BCUT2D eigenvalue weighted by atomic mass is 9.82. The first-order valence-corrected chi connectivity index (χ1v) is 11.2. The van der Waals surface area contributed by atoms with Gasteiger partial charge in [0.2, 0.25) is 11.8 Å². The van der Waals surface area contributed by atoms with Gasteiger partial charge in [-0.2, -0.15) is 0 Å². The Balaban J connectivity index is 1.37. The minimum absolute atomic E-state index is 0.204. The van der Waals surface area contributed by atoms with Crippen LogP contribution in [-0.2, 0) is 26.4 Å². The van der Waals surface area contributed by atoms with E-state index in [1.54, 1.807) is 18.2 Å². The van der Waals surface area contributed by atoms with Crippen LogP contribution in [-0.4, -0.2) is 47.8 Å². The van der Waals surface area contributed by atoms with Gasteiger partial charge >= 0.3 is 0 Å². The van der Waals surface area contributed by atoms with E-state index in [0.29, 0.717) is 49.2 Å². The third kappa shape index (κ3) is 3.91. The standard InChI is InChI=1S/C25H25N3O5/c29-21-9-8-20(23(31)26-21)28-15-17-14-16(6-7-19(17)24(28)32)22(30)27-25(10-12-33-13-11-25)18-4-2-1-3-5-18/h1-7,14,20H,8-13,15H2,(H,27,30)(H,26,29,31). The molecule has 0 saturated carbocycles. The van der Waals surface area contributed by atoms with E-state index in [1.165, 1.54) is 4.90 Å². The summed E-state index contributed by atoms with van der Waals surface area (Å²) in [5.74, 6) is -1.23. The Morgan fingerprint density at radius 3 is 2.55 bits per heavy atom. The molecule has 0 bridgehead atoms. The highest BCUT2D eigenvalue weighted by Crippen LogP contribution is 2.33. The lowest BCUT2D eigenvalue weighted by Gasteiger charge is -2.38. The number of amides is 4. The monoisotopic (exact) mass is 447 g/mol. The molecule has 4 amide bonds. The molecular weight excluding hydrogens is 422 g/mol. The fourth-order valence-electron chi connectivity index (χ4n) is 4.97. The van der Waals surface area contributed by atoms with Crippen LogP contribution in [0.1, 0.15) is 57.5 Å². The van der Waals surface area contributed by atoms with E-state index in [9.17, 15) is 19.2 Å². The fourth-order valence-corrected chi connectivity index (χ4v) is 4.97. The number of carbonyl (C=O) groups is 4. The summed E-state index contributed by atoms with van der Waals surface area (Å²) in [5, 5.41) is 5.54. The van der Waals surface area contributed by atoms with Crippen molar-refractivity contribution >= 4 is 23.6 Å². The number of ether oxygens (including phenoxy) is 1. The minimum Gasteiger partial charge on any atom is -0.381 e. The second kappa shape index (κ2) is 8.44. The third-order valence-corrected chi connectivity index (χ3v) is 6.81. The molecule has 2 aromatic carbocycles. The molecule has 3 aliphatic heterocycles. The number of imide groups is 1. The van der Waals surface area contributed by atoms with E-state index in [4.69, 9.17) is 4.74 Å². The van der Waals surface area contributed by atoms with Crippen LogP contribution in [0.2, 0.25) is 0 Å². The molecule has 2 aromatic rings. The summed E-state index contributed by atoms with van der Waals surface area (Å²) in [6, 6.07) is 14.3. The predicted octanol–water partition coefficient (Wildman–Crippen LogP) is 1.88. The van der Waals surface area contributed by atoms with Crippen molar-refractivity contribution in [2.45, 2.75) is 43.8 Å². The number of carbonyl (C=O) groups excluding carboxylic acids is 4. The quantitative estimate of drug-likeness (QED) is 0.697. The molecule has 0 radical (unpaired) electrons. The van der Waals surface area contributed by atoms with Crippen LogP contribution in [0.3, 0.4) is 0 Å². The minimum atomic E-state index is -0.677. The molecule has 8 nitrogen and oxygen atoms in total. The average molecular weight is 447 g/mol. The number of fused-ring (bicyclic) bond motifs is 1. The maximum absolute atomic E-state index is 13.3. The molecule has 8 heteroatoms. The average Bonchev–Trinajstić information content (AvgIpc) is 3.16. The second-order valence-electron chi connectivity index (χ2n) is 8.79. The zero-order valence-electron chi connectivity index (χ0n) is 18.1. The number of rotatable bonds is 4. The second-order valence-corrected chi connectivity index (χ2v) is 8.79. The number of nitrogens with zero attached hydrogens (tertiary/aromatic N) is 1. The predicted molar refractivity (Wildman–Crippen MR) is 118 cm³/mol. The van der Waals surface area contributed by atoms with Crippen LogP contribution >= 0.6 is 0 Å². The number of benzene rings is 2. The van der Waals surface area contributed by atoms with Gasteiger partial charge in [0.25, 0.3) is 11.8 Å². The van der Waals surface area contributed by atoms with Gasteiger partial charge in [0.05, 0.1) is 5.54 Å². The number of piperidine rings is 1. The molecule has 33 heavy (non-hydrogen) atoms. The van der Waals surface area contributed by atoms with Crippen LogP contribution < -0.4 is 10.6 Å². The highest BCUT2D eigenvalue weighted by Gasteiger charge is 2.40. The van der Waals surface area contributed by atoms with Gasteiger partial charge in [-0.15, -0.1) is 0 Å². The first-order valence-electron chi connectivity index (χ1n) is 11.2. The van der Waals surface area contributed by atoms with Crippen molar-refractivity contribution in [3.8, 4) is 0 Å². The number of hydrogen-bond acceptors (Lipinski definition) is 5. The summed E-state index contributed by atoms with van der Waals surface area (Å²) in [6.45, 7) is 1.36. The highest BCUT2D eigenvalue weighted by atomic mass is 16.5. The van der Waals surface area contributed by atoms with Gasteiger partial charge in [-0.1, -0.05) is 30.3 Å². The third-order valence-electron chi connectivity index (χ3n) is 6.81. The molecule has 2 saturated heterocycles. The Bertz CT molecular complexity index is 1120. The summed E-state index contributed by atoms with van der Waals surface area (Å²) in [7, 11) is 0. The first-order chi connectivity index (χ1) is 16.0. The number of hydrogen-bond donors (Lipinski definition) is 2. The van der Waals surface area contributed by atoms with Gasteiger partial charge in [0.1, 0.15) is 6.04 Å². The smallest absolute Gasteiger partial charge is 0.255 e. The molecule has 0 aromatic heterocycles. The van der Waals surface area contributed by atoms with Crippen LogP contribution in [0.5, 0.6) is 0 Å².